The molecule has 4 rings (SSSR count). The Hall–Kier alpha value is -2.70. The Balaban J connectivity index is 1.66. The second-order valence-electron chi connectivity index (χ2n) is 6.66. The molecule has 0 spiro atoms. The first-order valence-electron chi connectivity index (χ1n) is 8.67. The van der Waals surface area contributed by atoms with Crippen LogP contribution in [0, 0.1) is 0 Å². The van der Waals surface area contributed by atoms with Gasteiger partial charge in [0.1, 0.15) is 11.4 Å². The average Bonchev–Trinajstić information content (AvgIpc) is 2.98. The van der Waals surface area contributed by atoms with Crippen molar-refractivity contribution in [2.24, 2.45) is 12.8 Å². The maximum absolute atomic E-state index is 12.9. The van der Waals surface area contributed by atoms with Crippen LogP contribution in [0.25, 0.3) is 10.9 Å². The third-order valence-corrected chi connectivity index (χ3v) is 5.58. The molecule has 0 fully saturated rings. The van der Waals surface area contributed by atoms with Crippen LogP contribution in [0.3, 0.4) is 0 Å². The molecule has 8 heteroatoms. The van der Waals surface area contributed by atoms with Gasteiger partial charge in [0.25, 0.3) is 5.91 Å². The van der Waals surface area contributed by atoms with E-state index in [0.717, 1.165) is 16.5 Å². The molecule has 0 bridgehead atoms. The van der Waals surface area contributed by atoms with E-state index in [0.29, 0.717) is 29.5 Å². The molecule has 0 radical (unpaired) electrons. The summed E-state index contributed by atoms with van der Waals surface area (Å²) in [6.45, 7) is 0.366. The molecule has 0 saturated carbocycles. The highest BCUT2D eigenvalue weighted by molar-refractivity contribution is 6.35. The van der Waals surface area contributed by atoms with Crippen molar-refractivity contribution in [3.05, 3.63) is 63.3 Å². The van der Waals surface area contributed by atoms with Gasteiger partial charge in [-0.05, 0) is 24.3 Å². The van der Waals surface area contributed by atoms with Gasteiger partial charge in [0.2, 0.25) is 5.91 Å². The number of ether oxygens (including phenoxy) is 1. The zero-order valence-electron chi connectivity index (χ0n) is 15.0. The lowest BCUT2D eigenvalue weighted by molar-refractivity contribution is 0.0915. The molecule has 1 aliphatic rings. The number of carbonyl (C=O) groups excluding carboxylic acids is 2. The average molecular weight is 418 g/mol. The first-order valence-corrected chi connectivity index (χ1v) is 9.43. The molecular weight excluding hydrogens is 401 g/mol. The van der Waals surface area contributed by atoms with Crippen LogP contribution < -0.4 is 15.8 Å². The van der Waals surface area contributed by atoms with E-state index in [2.05, 4.69) is 5.32 Å². The summed E-state index contributed by atoms with van der Waals surface area (Å²) >= 11 is 12.3. The second-order valence-corrected chi connectivity index (χ2v) is 7.48. The molecule has 2 aromatic carbocycles. The van der Waals surface area contributed by atoms with Gasteiger partial charge in [0.15, 0.2) is 0 Å². The summed E-state index contributed by atoms with van der Waals surface area (Å²) in [5.41, 5.74) is 7.65. The van der Waals surface area contributed by atoms with Crippen molar-refractivity contribution in [3.63, 3.8) is 0 Å². The highest BCUT2D eigenvalue weighted by Gasteiger charge is 2.28. The van der Waals surface area contributed by atoms with Crippen LogP contribution in [0.15, 0.2) is 36.4 Å². The number of nitrogens with one attached hydrogen (secondary N) is 1. The molecule has 6 nitrogen and oxygen atoms in total. The van der Waals surface area contributed by atoms with Crippen molar-refractivity contribution in [1.29, 1.82) is 0 Å². The van der Waals surface area contributed by atoms with E-state index in [-0.39, 0.29) is 22.5 Å². The minimum Gasteiger partial charge on any atom is -0.492 e. The summed E-state index contributed by atoms with van der Waals surface area (Å²) in [5.74, 6) is -0.460. The molecule has 0 saturated heterocycles. The number of benzene rings is 2. The fraction of sp³-hybridized carbons (Fsp3) is 0.200. The standard InChI is InChI=1S/C20H17Cl2N3O3/c1-25-15-9-11(21)3-2-10(15)8-16(25)20(27)24-14-6-7-28-18-12(14)4-5-13(17(18)22)19(23)26/h2-5,8-9,14H,6-7H2,1H3,(H2,23,26)(H,24,27)/t14-/m0/s1. The van der Waals surface area contributed by atoms with Crippen LogP contribution in [0.4, 0.5) is 0 Å². The van der Waals surface area contributed by atoms with Gasteiger partial charge in [0, 0.05) is 35.0 Å². The summed E-state index contributed by atoms with van der Waals surface area (Å²) in [6.07, 6.45) is 0.584. The molecule has 1 aliphatic heterocycles. The lowest BCUT2D eigenvalue weighted by atomic mass is 9.98. The minimum absolute atomic E-state index is 0.170. The fourth-order valence-electron chi connectivity index (χ4n) is 3.52. The van der Waals surface area contributed by atoms with Gasteiger partial charge in [0.05, 0.1) is 23.2 Å². The Bertz CT molecular complexity index is 1120. The van der Waals surface area contributed by atoms with Crippen LogP contribution in [0.2, 0.25) is 10.0 Å². The monoisotopic (exact) mass is 417 g/mol. The maximum atomic E-state index is 12.9. The lowest BCUT2D eigenvalue weighted by Crippen LogP contribution is -2.33. The number of primary amides is 1. The summed E-state index contributed by atoms with van der Waals surface area (Å²) in [6, 6.07) is 10.3. The number of fused-ring (bicyclic) bond motifs is 2. The van der Waals surface area contributed by atoms with Crippen molar-refractivity contribution in [2.75, 3.05) is 6.61 Å². The molecule has 144 valence electrons. The quantitative estimate of drug-likeness (QED) is 0.678. The third-order valence-electron chi connectivity index (χ3n) is 4.97. The number of rotatable bonds is 3. The number of aryl methyl sites for hydroxylation is 1. The van der Waals surface area contributed by atoms with Crippen LogP contribution in [0.1, 0.15) is 38.9 Å². The number of nitrogens with zero attached hydrogens (tertiary/aromatic N) is 1. The van der Waals surface area contributed by atoms with Crippen LogP contribution in [0.5, 0.6) is 5.75 Å². The zero-order valence-corrected chi connectivity index (χ0v) is 16.5. The highest BCUT2D eigenvalue weighted by atomic mass is 35.5. The van der Waals surface area contributed by atoms with Gasteiger partial charge in [-0.2, -0.15) is 0 Å². The van der Waals surface area contributed by atoms with Gasteiger partial charge in [-0.1, -0.05) is 35.3 Å². The molecule has 0 unspecified atom stereocenters. The normalized spacial score (nSPS) is 15.8. The van der Waals surface area contributed by atoms with E-state index < -0.39 is 5.91 Å². The number of carbonyl (C=O) groups is 2. The fourth-order valence-corrected chi connectivity index (χ4v) is 4.01. The summed E-state index contributed by atoms with van der Waals surface area (Å²) in [7, 11) is 1.82. The summed E-state index contributed by atoms with van der Waals surface area (Å²) < 4.78 is 7.44. The predicted octanol–water partition coefficient (Wildman–Crippen LogP) is 3.84. The van der Waals surface area contributed by atoms with Crippen molar-refractivity contribution in [2.45, 2.75) is 12.5 Å². The number of hydrogen-bond acceptors (Lipinski definition) is 3. The molecule has 3 aromatic rings. The molecule has 28 heavy (non-hydrogen) atoms. The Morgan fingerprint density at radius 3 is 2.75 bits per heavy atom. The summed E-state index contributed by atoms with van der Waals surface area (Å²) in [5, 5.41) is 4.75. The molecule has 2 amide bonds. The smallest absolute Gasteiger partial charge is 0.268 e. The molecule has 2 heterocycles. The van der Waals surface area contributed by atoms with Crippen LogP contribution in [-0.4, -0.2) is 23.0 Å². The molecular formula is C20H17Cl2N3O3. The van der Waals surface area contributed by atoms with Crippen molar-refractivity contribution in [3.8, 4) is 5.75 Å². The second kappa shape index (κ2) is 7.04. The van der Waals surface area contributed by atoms with Gasteiger partial charge in [-0.15, -0.1) is 0 Å². The molecule has 3 N–H and O–H groups in total. The van der Waals surface area contributed by atoms with E-state index >= 15 is 0 Å². The molecule has 0 aliphatic carbocycles. The van der Waals surface area contributed by atoms with E-state index in [1.165, 1.54) is 0 Å². The van der Waals surface area contributed by atoms with Crippen LogP contribution >= 0.6 is 23.2 Å². The SMILES string of the molecule is Cn1c(C(=O)N[C@H]2CCOc3c2ccc(C(N)=O)c3Cl)cc2ccc(Cl)cc21. The molecule has 1 aromatic heterocycles. The topological polar surface area (TPSA) is 86.3 Å². The van der Waals surface area contributed by atoms with Gasteiger partial charge in [-0.25, -0.2) is 0 Å². The largest absolute Gasteiger partial charge is 0.492 e. The zero-order chi connectivity index (χ0) is 20.0. The van der Waals surface area contributed by atoms with Gasteiger partial charge in [-0.3, -0.25) is 9.59 Å². The predicted molar refractivity (Wildman–Crippen MR) is 108 cm³/mol. The Kier molecular flexibility index (Phi) is 4.69. The van der Waals surface area contributed by atoms with E-state index in [1.807, 2.05) is 25.2 Å². The van der Waals surface area contributed by atoms with Crippen molar-refractivity contribution < 1.29 is 14.3 Å². The number of nitrogens with two attached hydrogens (primary N) is 1. The van der Waals surface area contributed by atoms with Crippen molar-refractivity contribution >= 4 is 45.9 Å². The number of halogens is 2. The molecule has 1 atom stereocenters. The lowest BCUT2D eigenvalue weighted by Gasteiger charge is -2.28. The third kappa shape index (κ3) is 3.08. The minimum atomic E-state index is -0.628. The maximum Gasteiger partial charge on any atom is 0.268 e. The first kappa shape index (κ1) is 18.7. The van der Waals surface area contributed by atoms with E-state index in [1.54, 1.807) is 22.8 Å². The van der Waals surface area contributed by atoms with E-state index in [9.17, 15) is 9.59 Å². The Labute approximate surface area is 171 Å². The first-order chi connectivity index (χ1) is 13.4. The Morgan fingerprint density at radius 2 is 2.00 bits per heavy atom. The van der Waals surface area contributed by atoms with Gasteiger partial charge < -0.3 is 20.4 Å². The number of aromatic nitrogens is 1. The van der Waals surface area contributed by atoms with Crippen LogP contribution in [-0.2, 0) is 7.05 Å². The number of amides is 2. The Morgan fingerprint density at radius 1 is 1.21 bits per heavy atom. The van der Waals surface area contributed by atoms with Crippen molar-refractivity contribution in [1.82, 2.24) is 9.88 Å². The van der Waals surface area contributed by atoms with E-state index in [4.69, 9.17) is 33.7 Å². The number of hydrogen-bond donors (Lipinski definition) is 2. The highest BCUT2D eigenvalue weighted by Crippen LogP contribution is 2.39. The summed E-state index contributed by atoms with van der Waals surface area (Å²) in [4.78, 5) is 24.4. The van der Waals surface area contributed by atoms with Gasteiger partial charge >= 0.3 is 0 Å².